The zero-order chi connectivity index (χ0) is 13.7. The highest BCUT2D eigenvalue weighted by Crippen LogP contribution is 2.31. The van der Waals surface area contributed by atoms with Crippen molar-refractivity contribution in [3.8, 4) is 11.5 Å². The Morgan fingerprint density at radius 1 is 1.33 bits per heavy atom. The lowest BCUT2D eigenvalue weighted by Gasteiger charge is -2.16. The summed E-state index contributed by atoms with van der Waals surface area (Å²) in [4.78, 5) is 12.1. The highest BCUT2D eigenvalue weighted by Gasteiger charge is 2.17. The molecule has 1 aromatic rings. The molecule has 0 saturated heterocycles. The molecule has 1 aromatic carbocycles. The van der Waals surface area contributed by atoms with Crippen LogP contribution in [0.25, 0.3) is 0 Å². The average Bonchev–Trinajstić information content (AvgIpc) is 2.37. The van der Waals surface area contributed by atoms with Crippen LogP contribution >= 0.6 is 0 Å². The van der Waals surface area contributed by atoms with Crippen molar-refractivity contribution in [2.45, 2.75) is 33.2 Å². The fourth-order valence-electron chi connectivity index (χ4n) is 1.74. The summed E-state index contributed by atoms with van der Waals surface area (Å²) in [5.41, 5.74) is 1.37. The first-order valence-electron chi connectivity index (χ1n) is 6.07. The van der Waals surface area contributed by atoms with Gasteiger partial charge in [-0.05, 0) is 32.4 Å². The van der Waals surface area contributed by atoms with Crippen molar-refractivity contribution in [1.82, 2.24) is 5.32 Å². The van der Waals surface area contributed by atoms with Gasteiger partial charge in [0.15, 0.2) is 0 Å². The highest BCUT2D eigenvalue weighted by atomic mass is 16.5. The van der Waals surface area contributed by atoms with Crippen LogP contribution in [0.4, 0.5) is 0 Å². The van der Waals surface area contributed by atoms with E-state index in [-0.39, 0.29) is 11.9 Å². The van der Waals surface area contributed by atoms with Crippen LogP contribution in [-0.4, -0.2) is 26.2 Å². The summed E-state index contributed by atoms with van der Waals surface area (Å²) in [6.45, 7) is 5.87. The zero-order valence-corrected chi connectivity index (χ0v) is 11.7. The molecule has 0 aromatic heterocycles. The summed E-state index contributed by atoms with van der Waals surface area (Å²) in [6, 6.07) is 3.65. The number of hydrogen-bond acceptors (Lipinski definition) is 3. The van der Waals surface area contributed by atoms with Gasteiger partial charge in [0.05, 0.1) is 19.8 Å². The topological polar surface area (TPSA) is 47.6 Å². The van der Waals surface area contributed by atoms with Crippen molar-refractivity contribution in [2.75, 3.05) is 14.2 Å². The Bertz CT molecular complexity index is 429. The molecule has 1 amide bonds. The van der Waals surface area contributed by atoms with E-state index in [2.05, 4.69) is 5.32 Å². The first-order chi connectivity index (χ1) is 8.54. The number of amides is 1. The van der Waals surface area contributed by atoms with Crippen LogP contribution in [0.1, 0.15) is 36.2 Å². The molecular formula is C14H21NO3. The third-order valence-electron chi connectivity index (χ3n) is 3.01. The number of rotatable bonds is 5. The van der Waals surface area contributed by atoms with Gasteiger partial charge in [-0.3, -0.25) is 4.79 Å². The molecule has 1 atom stereocenters. The van der Waals surface area contributed by atoms with Gasteiger partial charge in [0.25, 0.3) is 5.91 Å². The van der Waals surface area contributed by atoms with Crippen LogP contribution < -0.4 is 14.8 Å². The quantitative estimate of drug-likeness (QED) is 0.874. The molecule has 0 bridgehead atoms. The molecule has 1 unspecified atom stereocenters. The van der Waals surface area contributed by atoms with Gasteiger partial charge >= 0.3 is 0 Å². The lowest BCUT2D eigenvalue weighted by Crippen LogP contribution is -2.32. The van der Waals surface area contributed by atoms with E-state index in [1.165, 1.54) is 0 Å². The van der Waals surface area contributed by atoms with E-state index < -0.39 is 0 Å². The summed E-state index contributed by atoms with van der Waals surface area (Å²) in [6.07, 6.45) is 0.892. The maximum absolute atomic E-state index is 12.1. The molecule has 0 aliphatic rings. The summed E-state index contributed by atoms with van der Waals surface area (Å²) in [7, 11) is 3.16. The molecule has 4 heteroatoms. The van der Waals surface area contributed by atoms with E-state index >= 15 is 0 Å². The van der Waals surface area contributed by atoms with E-state index in [0.29, 0.717) is 17.1 Å². The lowest BCUT2D eigenvalue weighted by molar-refractivity contribution is 0.0936. The Hall–Kier alpha value is -1.71. The Morgan fingerprint density at radius 3 is 2.50 bits per heavy atom. The van der Waals surface area contributed by atoms with Gasteiger partial charge in [-0.15, -0.1) is 0 Å². The van der Waals surface area contributed by atoms with Crippen LogP contribution in [0.5, 0.6) is 11.5 Å². The monoisotopic (exact) mass is 251 g/mol. The summed E-state index contributed by atoms with van der Waals surface area (Å²) >= 11 is 0. The van der Waals surface area contributed by atoms with E-state index in [0.717, 1.165) is 12.0 Å². The second-order valence-corrected chi connectivity index (χ2v) is 4.26. The summed E-state index contributed by atoms with van der Waals surface area (Å²) < 4.78 is 10.5. The predicted octanol–water partition coefficient (Wildman–Crippen LogP) is 2.54. The van der Waals surface area contributed by atoms with E-state index in [4.69, 9.17) is 9.47 Å². The standard InChI is InChI=1S/C14H21NO3/c1-6-9(2)15-14(16)11-7-8-12(17-4)10(3)13(11)18-5/h7-9H,6H2,1-5H3,(H,15,16). The van der Waals surface area contributed by atoms with Gasteiger partial charge in [0, 0.05) is 11.6 Å². The number of carbonyl (C=O) groups is 1. The van der Waals surface area contributed by atoms with Crippen LogP contribution in [0.3, 0.4) is 0 Å². The average molecular weight is 251 g/mol. The minimum atomic E-state index is -0.119. The van der Waals surface area contributed by atoms with Gasteiger partial charge < -0.3 is 14.8 Å². The molecule has 0 spiro atoms. The Balaban J connectivity index is 3.09. The number of hydrogen-bond donors (Lipinski definition) is 1. The Morgan fingerprint density at radius 2 is 2.00 bits per heavy atom. The van der Waals surface area contributed by atoms with E-state index in [9.17, 15) is 4.79 Å². The van der Waals surface area contributed by atoms with Crippen LogP contribution in [0, 0.1) is 6.92 Å². The zero-order valence-electron chi connectivity index (χ0n) is 11.7. The third kappa shape index (κ3) is 2.94. The van der Waals surface area contributed by atoms with Crippen molar-refractivity contribution >= 4 is 5.91 Å². The normalized spacial score (nSPS) is 11.8. The number of methoxy groups -OCH3 is 2. The molecule has 0 saturated carbocycles. The number of carbonyl (C=O) groups excluding carboxylic acids is 1. The van der Waals surface area contributed by atoms with Gasteiger partial charge in [-0.1, -0.05) is 6.92 Å². The van der Waals surface area contributed by atoms with E-state index in [1.54, 1.807) is 26.4 Å². The van der Waals surface area contributed by atoms with Crippen molar-refractivity contribution in [3.63, 3.8) is 0 Å². The maximum Gasteiger partial charge on any atom is 0.255 e. The van der Waals surface area contributed by atoms with Crippen molar-refractivity contribution < 1.29 is 14.3 Å². The fourth-order valence-corrected chi connectivity index (χ4v) is 1.74. The molecule has 0 fully saturated rings. The van der Waals surface area contributed by atoms with E-state index in [1.807, 2.05) is 20.8 Å². The van der Waals surface area contributed by atoms with Crippen molar-refractivity contribution in [2.24, 2.45) is 0 Å². The molecule has 100 valence electrons. The third-order valence-corrected chi connectivity index (χ3v) is 3.01. The molecule has 1 rings (SSSR count). The summed E-state index contributed by atoms with van der Waals surface area (Å²) in [5.74, 6) is 1.16. The molecule has 1 N–H and O–H groups in total. The van der Waals surface area contributed by atoms with Crippen LogP contribution in [0.15, 0.2) is 12.1 Å². The smallest absolute Gasteiger partial charge is 0.255 e. The molecule has 0 aliphatic heterocycles. The largest absolute Gasteiger partial charge is 0.496 e. The number of nitrogens with one attached hydrogen (secondary N) is 1. The number of benzene rings is 1. The highest BCUT2D eigenvalue weighted by molar-refractivity contribution is 5.97. The van der Waals surface area contributed by atoms with Gasteiger partial charge in [-0.25, -0.2) is 0 Å². The second kappa shape index (κ2) is 6.28. The van der Waals surface area contributed by atoms with Crippen molar-refractivity contribution in [3.05, 3.63) is 23.3 Å². The first-order valence-corrected chi connectivity index (χ1v) is 6.07. The first kappa shape index (κ1) is 14.4. The molecule has 0 radical (unpaired) electrons. The molecule has 0 aliphatic carbocycles. The minimum absolute atomic E-state index is 0.119. The minimum Gasteiger partial charge on any atom is -0.496 e. The fraction of sp³-hybridized carbons (Fsp3) is 0.500. The maximum atomic E-state index is 12.1. The Labute approximate surface area is 108 Å². The molecule has 4 nitrogen and oxygen atoms in total. The van der Waals surface area contributed by atoms with Gasteiger partial charge in [-0.2, -0.15) is 0 Å². The van der Waals surface area contributed by atoms with Crippen LogP contribution in [-0.2, 0) is 0 Å². The molecule has 0 heterocycles. The number of ether oxygens (including phenoxy) is 2. The van der Waals surface area contributed by atoms with Crippen molar-refractivity contribution in [1.29, 1.82) is 0 Å². The SMILES string of the molecule is CCC(C)NC(=O)c1ccc(OC)c(C)c1OC. The second-order valence-electron chi connectivity index (χ2n) is 4.26. The van der Waals surface area contributed by atoms with Gasteiger partial charge in [0.2, 0.25) is 0 Å². The molecule has 18 heavy (non-hydrogen) atoms. The summed E-state index contributed by atoms with van der Waals surface area (Å²) in [5, 5.41) is 2.93. The van der Waals surface area contributed by atoms with Crippen LogP contribution in [0.2, 0.25) is 0 Å². The predicted molar refractivity (Wildman–Crippen MR) is 71.5 cm³/mol. The molecular weight excluding hydrogens is 230 g/mol. The van der Waals surface area contributed by atoms with Gasteiger partial charge in [0.1, 0.15) is 11.5 Å². The Kier molecular flexibility index (Phi) is 5.01. The lowest BCUT2D eigenvalue weighted by atomic mass is 10.1.